The third kappa shape index (κ3) is 4.97. The van der Waals surface area contributed by atoms with E-state index in [9.17, 15) is 4.79 Å². The molecule has 1 rings (SSSR count). The quantitative estimate of drug-likeness (QED) is 0.711. The Hall–Kier alpha value is -1.35. The average molecular weight is 277 g/mol. The van der Waals surface area contributed by atoms with E-state index in [-0.39, 0.29) is 5.91 Å². The minimum atomic E-state index is 0.130. The van der Waals surface area contributed by atoms with Gasteiger partial charge in [-0.25, -0.2) is 0 Å². The summed E-state index contributed by atoms with van der Waals surface area (Å²) in [6.07, 6.45) is 0.438. The van der Waals surface area contributed by atoms with Crippen molar-refractivity contribution >= 4 is 11.6 Å². The summed E-state index contributed by atoms with van der Waals surface area (Å²) in [6, 6.07) is 6.21. The normalized spacial score (nSPS) is 10.9. The Bertz CT molecular complexity index is 441. The van der Waals surface area contributed by atoms with E-state index >= 15 is 0 Å². The Morgan fingerprint density at radius 1 is 1.30 bits per heavy atom. The Labute approximate surface area is 122 Å². The van der Waals surface area contributed by atoms with E-state index in [1.54, 1.807) is 0 Å². The maximum Gasteiger partial charge on any atom is 0.229 e. The minimum Gasteiger partial charge on any atom is -0.381 e. The topological polar surface area (TPSA) is 29.5 Å². The monoisotopic (exact) mass is 277 g/mol. The molecule has 0 saturated heterocycles. The van der Waals surface area contributed by atoms with Crippen LogP contribution in [0.2, 0.25) is 0 Å². The first-order valence-corrected chi connectivity index (χ1v) is 7.41. The molecule has 0 aliphatic carbocycles. The predicted octanol–water partition coefficient (Wildman–Crippen LogP) is 3.72. The lowest BCUT2D eigenvalue weighted by Crippen LogP contribution is -2.32. The highest BCUT2D eigenvalue weighted by atomic mass is 16.5. The molecular weight excluding hydrogens is 250 g/mol. The standard InChI is InChI=1S/C17H27NO2/c1-6-18(16-11-14(4)7-8-15(16)5)17(19)9-10-20-12-13(2)3/h7-8,11,13H,6,9-10,12H2,1-5H3. The summed E-state index contributed by atoms with van der Waals surface area (Å²) in [4.78, 5) is 14.2. The third-order valence-corrected chi connectivity index (χ3v) is 3.18. The maximum atomic E-state index is 12.3. The number of benzene rings is 1. The van der Waals surface area contributed by atoms with E-state index < -0.39 is 0 Å². The van der Waals surface area contributed by atoms with Crippen molar-refractivity contribution in [2.75, 3.05) is 24.7 Å². The zero-order valence-electron chi connectivity index (χ0n) is 13.4. The second-order valence-corrected chi connectivity index (χ2v) is 5.65. The number of ether oxygens (including phenoxy) is 1. The molecule has 20 heavy (non-hydrogen) atoms. The number of hydrogen-bond acceptors (Lipinski definition) is 2. The number of carbonyl (C=O) groups excluding carboxylic acids is 1. The molecule has 0 heterocycles. The lowest BCUT2D eigenvalue weighted by molar-refractivity contribution is -0.119. The molecular formula is C17H27NO2. The third-order valence-electron chi connectivity index (χ3n) is 3.18. The van der Waals surface area contributed by atoms with Gasteiger partial charge in [-0.3, -0.25) is 4.79 Å². The first kappa shape index (κ1) is 16.7. The van der Waals surface area contributed by atoms with Crippen molar-refractivity contribution in [3.8, 4) is 0 Å². The second-order valence-electron chi connectivity index (χ2n) is 5.65. The molecule has 1 amide bonds. The molecule has 0 fully saturated rings. The molecule has 112 valence electrons. The van der Waals surface area contributed by atoms with Crippen LogP contribution in [0.5, 0.6) is 0 Å². The molecule has 0 aliphatic heterocycles. The van der Waals surface area contributed by atoms with Gasteiger partial charge >= 0.3 is 0 Å². The SMILES string of the molecule is CCN(C(=O)CCOCC(C)C)c1cc(C)ccc1C. The molecule has 0 saturated carbocycles. The summed E-state index contributed by atoms with van der Waals surface area (Å²) in [6.45, 7) is 12.2. The zero-order chi connectivity index (χ0) is 15.1. The largest absolute Gasteiger partial charge is 0.381 e. The van der Waals surface area contributed by atoms with E-state index in [0.29, 0.717) is 32.1 Å². The Kier molecular flexibility index (Phi) is 6.73. The Balaban J connectivity index is 2.65. The van der Waals surface area contributed by atoms with Crippen LogP contribution in [-0.2, 0) is 9.53 Å². The summed E-state index contributed by atoms with van der Waals surface area (Å²) in [5.41, 5.74) is 3.32. The molecule has 0 aliphatic rings. The minimum absolute atomic E-state index is 0.130. The fourth-order valence-corrected chi connectivity index (χ4v) is 2.10. The zero-order valence-corrected chi connectivity index (χ0v) is 13.4. The molecule has 0 radical (unpaired) electrons. The van der Waals surface area contributed by atoms with Crippen molar-refractivity contribution in [2.45, 2.75) is 41.0 Å². The van der Waals surface area contributed by atoms with Crippen LogP contribution in [-0.4, -0.2) is 25.7 Å². The smallest absolute Gasteiger partial charge is 0.229 e. The lowest BCUT2D eigenvalue weighted by atomic mass is 10.1. The lowest BCUT2D eigenvalue weighted by Gasteiger charge is -2.23. The van der Waals surface area contributed by atoms with Crippen LogP contribution in [0.1, 0.15) is 38.3 Å². The van der Waals surface area contributed by atoms with E-state index in [4.69, 9.17) is 4.74 Å². The maximum absolute atomic E-state index is 12.3. The highest BCUT2D eigenvalue weighted by Crippen LogP contribution is 2.22. The van der Waals surface area contributed by atoms with Crippen molar-refractivity contribution < 1.29 is 9.53 Å². The van der Waals surface area contributed by atoms with E-state index in [1.807, 2.05) is 25.7 Å². The van der Waals surface area contributed by atoms with Crippen molar-refractivity contribution in [2.24, 2.45) is 5.92 Å². The molecule has 0 spiro atoms. The summed E-state index contributed by atoms with van der Waals surface area (Å²) in [5, 5.41) is 0. The fourth-order valence-electron chi connectivity index (χ4n) is 2.10. The number of carbonyl (C=O) groups is 1. The molecule has 1 aromatic carbocycles. The first-order chi connectivity index (χ1) is 9.45. The average Bonchev–Trinajstić information content (AvgIpc) is 2.39. The van der Waals surface area contributed by atoms with Gasteiger partial charge < -0.3 is 9.64 Å². The Morgan fingerprint density at radius 2 is 2.00 bits per heavy atom. The van der Waals surface area contributed by atoms with E-state index in [2.05, 4.69) is 32.0 Å². The van der Waals surface area contributed by atoms with Crippen LogP contribution in [0.15, 0.2) is 18.2 Å². The molecule has 0 bridgehead atoms. The molecule has 3 heteroatoms. The van der Waals surface area contributed by atoms with Gasteiger partial charge in [0.05, 0.1) is 13.0 Å². The van der Waals surface area contributed by atoms with Gasteiger partial charge in [0.1, 0.15) is 0 Å². The van der Waals surface area contributed by atoms with Gasteiger partial charge in [-0.05, 0) is 43.9 Å². The number of nitrogens with zero attached hydrogens (tertiary/aromatic N) is 1. The van der Waals surface area contributed by atoms with Crippen molar-refractivity contribution in [1.82, 2.24) is 0 Å². The van der Waals surface area contributed by atoms with Crippen LogP contribution in [0.4, 0.5) is 5.69 Å². The molecule has 3 nitrogen and oxygen atoms in total. The molecule has 0 unspecified atom stereocenters. The highest BCUT2D eigenvalue weighted by Gasteiger charge is 2.15. The van der Waals surface area contributed by atoms with Gasteiger partial charge in [-0.1, -0.05) is 26.0 Å². The van der Waals surface area contributed by atoms with Crippen LogP contribution in [0, 0.1) is 19.8 Å². The van der Waals surface area contributed by atoms with Crippen LogP contribution in [0.3, 0.4) is 0 Å². The summed E-state index contributed by atoms with van der Waals surface area (Å²) >= 11 is 0. The van der Waals surface area contributed by atoms with Crippen LogP contribution in [0.25, 0.3) is 0 Å². The molecule has 0 atom stereocenters. The van der Waals surface area contributed by atoms with Crippen LogP contribution < -0.4 is 4.90 Å². The summed E-state index contributed by atoms with van der Waals surface area (Å²) in [7, 11) is 0. The molecule has 0 aromatic heterocycles. The molecule has 0 N–H and O–H groups in total. The van der Waals surface area contributed by atoms with Gasteiger partial charge in [0, 0.05) is 18.8 Å². The van der Waals surface area contributed by atoms with E-state index in [1.165, 1.54) is 5.56 Å². The number of amides is 1. The van der Waals surface area contributed by atoms with Crippen molar-refractivity contribution in [3.63, 3.8) is 0 Å². The van der Waals surface area contributed by atoms with Gasteiger partial charge in [-0.2, -0.15) is 0 Å². The van der Waals surface area contributed by atoms with Gasteiger partial charge in [0.25, 0.3) is 0 Å². The Morgan fingerprint density at radius 3 is 2.60 bits per heavy atom. The van der Waals surface area contributed by atoms with Gasteiger partial charge in [0.15, 0.2) is 0 Å². The van der Waals surface area contributed by atoms with Crippen LogP contribution >= 0.6 is 0 Å². The summed E-state index contributed by atoms with van der Waals surface area (Å²) in [5.74, 6) is 0.636. The number of anilines is 1. The number of hydrogen-bond donors (Lipinski definition) is 0. The van der Waals surface area contributed by atoms with Crippen molar-refractivity contribution in [1.29, 1.82) is 0 Å². The summed E-state index contributed by atoms with van der Waals surface area (Å²) < 4.78 is 5.50. The second kappa shape index (κ2) is 8.05. The first-order valence-electron chi connectivity index (χ1n) is 7.41. The molecule has 1 aromatic rings. The van der Waals surface area contributed by atoms with E-state index in [0.717, 1.165) is 11.3 Å². The highest BCUT2D eigenvalue weighted by molar-refractivity contribution is 5.94. The number of rotatable bonds is 7. The fraction of sp³-hybridized carbons (Fsp3) is 0.588. The number of aryl methyl sites for hydroxylation is 2. The van der Waals surface area contributed by atoms with Gasteiger partial charge in [0.2, 0.25) is 5.91 Å². The van der Waals surface area contributed by atoms with Gasteiger partial charge in [-0.15, -0.1) is 0 Å². The predicted molar refractivity (Wildman–Crippen MR) is 84.2 cm³/mol. The van der Waals surface area contributed by atoms with Crippen molar-refractivity contribution in [3.05, 3.63) is 29.3 Å².